The number of rotatable bonds is 34. The maximum Gasteiger partial charge on any atom is 0.266 e. The Morgan fingerprint density at radius 1 is 0.310 bits per heavy atom. The largest absolute Gasteiger partial charge is 0.493 e. The van der Waals surface area contributed by atoms with Crippen molar-refractivity contribution in [3.05, 3.63) is 182 Å². The number of methoxy groups -OCH3 is 4. The summed E-state index contributed by atoms with van der Waals surface area (Å²) < 4.78 is 24.2. The molecule has 0 unspecified atom stereocenters. The number of nitrogens with zero attached hydrogens (tertiary/aromatic N) is 8. The molecule has 0 aliphatic carbocycles. The van der Waals surface area contributed by atoms with Crippen LogP contribution in [0.25, 0.3) is 36.5 Å². The van der Waals surface area contributed by atoms with Gasteiger partial charge in [-0.3, -0.25) is 68.1 Å². The molecule has 0 atom stereocenters. The fourth-order valence-electron chi connectivity index (χ4n) is 11.5. The van der Waals surface area contributed by atoms with E-state index >= 15 is 0 Å². The van der Waals surface area contributed by atoms with Gasteiger partial charge in [0.05, 0.1) is 69.3 Å². The number of carbonyl (C=O) groups is 12. The van der Waals surface area contributed by atoms with Gasteiger partial charge < -0.3 is 47.7 Å². The number of aromatic nitrogens is 2. The first-order valence-corrected chi connectivity index (χ1v) is 48.2. The number of carbonyl (C=O) groups excluding carboxylic acids is 12. The SMILES string of the molecule is CC(=O)CCCN1C(=O)/C(=C/c2ccccn2)SC1=S.CC(=O)CCCN1C(=O)/C(=C/c2ccccn2)SC1=S.CC(=O)CCCN1C(=O)/C(=C/c2cccs2)SC1=S.CC(=O)CCCN1C(=O)/C(=C/c2cccs2)SC1=S.COc1ccc(/C=C2\SC(=S)N(CCCC(C)=O)C2=O)cc1OC.COc1ccc(/C=C2\SC(=S)N(CCCC(C)=O)C2=O)cc1OC. The number of ketones is 6. The normalized spacial score (nSPS) is 16.8. The molecule has 38 heteroatoms. The summed E-state index contributed by atoms with van der Waals surface area (Å²) in [7, 11) is 6.28. The molecule has 664 valence electrons. The molecular weight excluding hydrogens is 1870 g/mol. The van der Waals surface area contributed by atoms with Crippen molar-refractivity contribution in [2.45, 2.75) is 119 Å². The number of Topliss-reactive ketones (excluding diaryl/α,β-unsaturated/α-hetero) is 6. The first-order valence-electron chi connectivity index (χ1n) is 39.0. The number of thioether (sulfide) groups is 6. The highest BCUT2D eigenvalue weighted by Crippen LogP contribution is 2.40. The molecule has 0 bridgehead atoms. The van der Waals surface area contributed by atoms with Gasteiger partial charge in [-0.15, -0.1) is 22.7 Å². The highest BCUT2D eigenvalue weighted by molar-refractivity contribution is 8.28. The van der Waals surface area contributed by atoms with Gasteiger partial charge in [0.25, 0.3) is 35.4 Å². The first-order chi connectivity index (χ1) is 60.2. The van der Waals surface area contributed by atoms with Gasteiger partial charge in [0.2, 0.25) is 0 Å². The van der Waals surface area contributed by atoms with Crippen LogP contribution in [0.2, 0.25) is 0 Å². The summed E-state index contributed by atoms with van der Waals surface area (Å²) in [6, 6.07) is 29.8. The Kier molecular flexibility index (Phi) is 44.6. The van der Waals surface area contributed by atoms with E-state index in [2.05, 4.69) is 9.97 Å². The molecule has 24 nitrogen and oxygen atoms in total. The van der Waals surface area contributed by atoms with Crippen LogP contribution in [0, 0.1) is 0 Å². The van der Waals surface area contributed by atoms with Crippen molar-refractivity contribution in [1.82, 2.24) is 39.4 Å². The van der Waals surface area contributed by atoms with Crippen molar-refractivity contribution >= 4 is 299 Å². The van der Waals surface area contributed by atoms with E-state index in [1.165, 1.54) is 70.6 Å². The van der Waals surface area contributed by atoms with E-state index in [9.17, 15) is 57.5 Å². The van der Waals surface area contributed by atoms with E-state index in [4.69, 9.17) is 92.3 Å². The minimum absolute atomic E-state index is 0.0491. The summed E-state index contributed by atoms with van der Waals surface area (Å²) in [6.07, 6.45) is 20.8. The van der Waals surface area contributed by atoms with E-state index < -0.39 is 0 Å². The third kappa shape index (κ3) is 33.7. The van der Waals surface area contributed by atoms with Crippen molar-refractivity contribution in [1.29, 1.82) is 0 Å². The second-order valence-corrected chi connectivity index (χ2v) is 39.6. The second-order valence-electron chi connectivity index (χ2n) is 27.6. The van der Waals surface area contributed by atoms with E-state index in [1.807, 2.05) is 95.7 Å². The van der Waals surface area contributed by atoms with Crippen molar-refractivity contribution in [3.8, 4) is 23.0 Å². The minimum Gasteiger partial charge on any atom is -0.493 e. The number of hydrogen-bond donors (Lipinski definition) is 0. The van der Waals surface area contributed by atoms with Crippen LogP contribution in [-0.4, -0.2) is 203 Å². The molecule has 6 saturated heterocycles. The Bertz CT molecular complexity index is 4950. The third-order valence-corrected chi connectivity index (χ3v) is 27.6. The lowest BCUT2D eigenvalue weighted by molar-refractivity contribution is -0.123. The molecule has 4 aromatic heterocycles. The molecule has 0 spiro atoms. The molecule has 6 fully saturated rings. The number of ether oxygens (including phenoxy) is 4. The number of amides is 6. The molecule has 0 radical (unpaired) electrons. The van der Waals surface area contributed by atoms with Crippen molar-refractivity contribution in [2.24, 2.45) is 0 Å². The van der Waals surface area contributed by atoms with E-state index in [0.29, 0.717) is 195 Å². The van der Waals surface area contributed by atoms with Crippen LogP contribution in [0.1, 0.15) is 151 Å². The number of benzene rings is 2. The molecular formula is C88H92N8O16S14. The van der Waals surface area contributed by atoms with Crippen LogP contribution in [0.15, 0.2) is 150 Å². The average molecular weight is 1970 g/mol. The maximum absolute atomic E-state index is 12.5. The lowest BCUT2D eigenvalue weighted by Gasteiger charge is -2.13. The summed E-state index contributed by atoms with van der Waals surface area (Å²) in [4.78, 5) is 163. The number of pyridine rings is 2. The maximum atomic E-state index is 12.5. The zero-order chi connectivity index (χ0) is 92.1. The predicted octanol–water partition coefficient (Wildman–Crippen LogP) is 18.5. The summed E-state index contributed by atoms with van der Waals surface area (Å²) in [5.74, 6) is 2.67. The summed E-state index contributed by atoms with van der Waals surface area (Å²) in [5.41, 5.74) is 3.13. The fourth-order valence-corrected chi connectivity index (χ4v) is 20.7. The Labute approximate surface area is 798 Å². The van der Waals surface area contributed by atoms with Gasteiger partial charge in [-0.05, 0) is 199 Å². The Balaban J connectivity index is 0.000000208. The van der Waals surface area contributed by atoms with Crippen LogP contribution >= 0.6 is 167 Å². The molecule has 6 aromatic rings. The predicted molar refractivity (Wildman–Crippen MR) is 535 cm³/mol. The fraction of sp³-hybridized carbons (Fsp3) is 0.318. The summed E-state index contributed by atoms with van der Waals surface area (Å²) in [6.45, 7) is 12.2. The molecule has 6 aliphatic heterocycles. The highest BCUT2D eigenvalue weighted by Gasteiger charge is 2.37. The van der Waals surface area contributed by atoms with Gasteiger partial charge in [0, 0.05) is 99.9 Å². The topological polar surface area (TPSA) is 287 Å². The van der Waals surface area contributed by atoms with Gasteiger partial charge in [0.15, 0.2) is 23.0 Å². The second kappa shape index (κ2) is 53.9. The van der Waals surface area contributed by atoms with Crippen LogP contribution in [0.4, 0.5) is 0 Å². The Morgan fingerprint density at radius 2 is 0.548 bits per heavy atom. The Morgan fingerprint density at radius 3 is 0.754 bits per heavy atom. The van der Waals surface area contributed by atoms with Gasteiger partial charge >= 0.3 is 0 Å². The standard InChI is InChI=1S/2C17H19NO4S2.2C14H14N2O2S2.2C13H13NO2S3/c2*1-11(19)5-4-8-18-16(20)15(24-17(18)23)10-12-6-7-13(21-2)14(9-12)22-3;2*1-10(17)5-4-8-16-13(18)12(20-14(16)19)9-11-6-2-3-7-15-11;2*1-9(15)4-2-6-14-12(16)11(19-13(14)17)8-10-5-3-7-18-10/h2*6-7,9-10H,4-5,8H2,1-3H3;2*2-3,6-7,9H,4-5,8H2,1H3;2*3,5,7-8H,2,4,6H2,1H3/b2*15-10-;2*12-9-;2*11-8-. The molecule has 2 aromatic carbocycles. The highest BCUT2D eigenvalue weighted by atomic mass is 32.2. The Hall–Kier alpha value is -8.74. The van der Waals surface area contributed by atoms with Crippen molar-refractivity contribution in [3.63, 3.8) is 0 Å². The van der Waals surface area contributed by atoms with Gasteiger partial charge in [-0.25, -0.2) is 0 Å². The molecule has 0 saturated carbocycles. The van der Waals surface area contributed by atoms with Gasteiger partial charge in [-0.1, -0.05) is 180 Å². The number of thiophene rings is 2. The zero-order valence-corrected chi connectivity index (χ0v) is 82.0. The molecule has 126 heavy (non-hydrogen) atoms. The molecule has 0 N–H and O–H groups in total. The van der Waals surface area contributed by atoms with Gasteiger partial charge in [-0.2, -0.15) is 0 Å². The lowest BCUT2D eigenvalue weighted by Crippen LogP contribution is -2.29. The first kappa shape index (κ1) is 104. The molecule has 12 rings (SSSR count). The number of hydrogen-bond acceptors (Lipinski definition) is 32. The van der Waals surface area contributed by atoms with Crippen LogP contribution in [0.3, 0.4) is 0 Å². The summed E-state index contributed by atoms with van der Waals surface area (Å²) >= 11 is 42.3. The molecule has 6 amide bonds. The minimum atomic E-state index is -0.122. The van der Waals surface area contributed by atoms with Crippen molar-refractivity contribution in [2.75, 3.05) is 67.7 Å². The van der Waals surface area contributed by atoms with E-state index in [0.717, 1.165) is 32.3 Å². The summed E-state index contributed by atoms with van der Waals surface area (Å²) in [5, 5.41) is 3.94. The zero-order valence-electron chi connectivity index (χ0n) is 70.6. The van der Waals surface area contributed by atoms with E-state index in [1.54, 1.807) is 183 Å². The van der Waals surface area contributed by atoms with Crippen LogP contribution in [0.5, 0.6) is 23.0 Å². The quantitative estimate of drug-likeness (QED) is 0.0268. The van der Waals surface area contributed by atoms with Gasteiger partial charge in [0.1, 0.15) is 60.6 Å². The smallest absolute Gasteiger partial charge is 0.266 e. The van der Waals surface area contributed by atoms with Crippen LogP contribution in [-0.2, 0) is 57.5 Å². The number of thiocarbonyl (C=S) groups is 6. The lowest BCUT2D eigenvalue weighted by atomic mass is 10.2. The van der Waals surface area contributed by atoms with Crippen molar-refractivity contribution < 1.29 is 76.5 Å². The average Bonchev–Trinajstić information content (AvgIpc) is 1.71. The monoisotopic (exact) mass is 1960 g/mol. The molecule has 10 heterocycles. The van der Waals surface area contributed by atoms with Crippen LogP contribution < -0.4 is 18.9 Å². The van der Waals surface area contributed by atoms with E-state index in [-0.39, 0.29) is 70.1 Å². The molecule has 6 aliphatic rings. The third-order valence-electron chi connectivity index (χ3n) is 17.7.